The molecular weight excluding hydrogens is 310 g/mol. The molecule has 0 atom stereocenters. The zero-order valence-electron chi connectivity index (χ0n) is 11.6. The molecule has 7 heteroatoms. The molecule has 114 valence electrons. The summed E-state index contributed by atoms with van der Waals surface area (Å²) in [6.45, 7) is 0. The van der Waals surface area contributed by atoms with Crippen molar-refractivity contribution in [1.29, 1.82) is 0 Å². The third-order valence-electron chi connectivity index (χ3n) is 3.85. The molecule has 2 aliphatic rings. The molecule has 0 amide bonds. The van der Waals surface area contributed by atoms with Crippen molar-refractivity contribution in [3.05, 3.63) is 23.2 Å². The van der Waals surface area contributed by atoms with Gasteiger partial charge in [0, 0.05) is 5.02 Å². The van der Waals surface area contributed by atoms with Crippen molar-refractivity contribution in [2.24, 2.45) is 4.99 Å². The Labute approximate surface area is 129 Å². The average molecular weight is 328 g/mol. The van der Waals surface area contributed by atoms with E-state index in [4.69, 9.17) is 11.6 Å². The molecule has 1 saturated carbocycles. The Morgan fingerprint density at radius 1 is 1.14 bits per heavy atom. The van der Waals surface area contributed by atoms with Crippen molar-refractivity contribution in [2.75, 3.05) is 5.32 Å². The van der Waals surface area contributed by atoms with Crippen LogP contribution in [0.25, 0.3) is 0 Å². The van der Waals surface area contributed by atoms with E-state index in [0.717, 1.165) is 25.7 Å². The van der Waals surface area contributed by atoms with E-state index in [0.29, 0.717) is 16.7 Å². The van der Waals surface area contributed by atoms with Gasteiger partial charge in [-0.25, -0.2) is 18.1 Å². The highest BCUT2D eigenvalue weighted by atomic mass is 35.5. The van der Waals surface area contributed by atoms with Crippen LogP contribution in [0.1, 0.15) is 38.5 Å². The second-order valence-corrected chi connectivity index (χ2v) is 7.58. The lowest BCUT2D eigenvalue weighted by Crippen LogP contribution is -2.41. The predicted molar refractivity (Wildman–Crippen MR) is 84.3 cm³/mol. The topological polar surface area (TPSA) is 70.6 Å². The van der Waals surface area contributed by atoms with Gasteiger partial charge in [0.2, 0.25) is 5.96 Å². The summed E-state index contributed by atoms with van der Waals surface area (Å²) in [5.41, 5.74) is 0.519. The van der Waals surface area contributed by atoms with Gasteiger partial charge in [-0.3, -0.25) is 0 Å². The molecule has 0 spiro atoms. The standard InChI is InChI=1S/C14H18ClN3O2S/c15-10-7-8-12-13(9-10)21(19,20)18-14(17-12)16-11-5-3-1-2-4-6-11/h7-9,11H,1-6H2,(H2,16,17,18). The van der Waals surface area contributed by atoms with Crippen molar-refractivity contribution in [2.45, 2.75) is 49.5 Å². The fourth-order valence-corrected chi connectivity index (χ4v) is 4.18. The number of hydrogen-bond acceptors (Lipinski definition) is 3. The molecule has 3 rings (SSSR count). The molecule has 1 aliphatic carbocycles. The zero-order chi connectivity index (χ0) is 14.9. The largest absolute Gasteiger partial charge is 0.324 e. The van der Waals surface area contributed by atoms with E-state index in [-0.39, 0.29) is 10.9 Å². The number of guanidine groups is 1. The average Bonchev–Trinajstić information content (AvgIpc) is 2.68. The first-order chi connectivity index (χ1) is 10.0. The first-order valence-electron chi connectivity index (χ1n) is 7.22. The Hall–Kier alpha value is -1.27. The molecule has 5 nitrogen and oxygen atoms in total. The molecule has 1 heterocycles. The van der Waals surface area contributed by atoms with Crippen LogP contribution in [-0.4, -0.2) is 20.4 Å². The molecule has 0 bridgehead atoms. The third kappa shape index (κ3) is 3.32. The van der Waals surface area contributed by atoms with Gasteiger partial charge in [0.25, 0.3) is 10.0 Å². The molecule has 0 unspecified atom stereocenters. The molecule has 1 aromatic carbocycles. The van der Waals surface area contributed by atoms with Crippen LogP contribution in [-0.2, 0) is 10.0 Å². The fourth-order valence-electron chi connectivity index (χ4n) is 2.79. The van der Waals surface area contributed by atoms with E-state index < -0.39 is 10.0 Å². The normalized spacial score (nSPS) is 23.8. The second kappa shape index (κ2) is 5.85. The van der Waals surface area contributed by atoms with Gasteiger partial charge in [-0.05, 0) is 31.0 Å². The SMILES string of the molecule is O=S1(=O)NC(=NC2CCCCCC2)Nc2ccc(Cl)cc21. The predicted octanol–water partition coefficient (Wildman–Crippen LogP) is 3.12. The third-order valence-corrected chi connectivity index (χ3v) is 5.47. The highest BCUT2D eigenvalue weighted by Gasteiger charge is 2.27. The lowest BCUT2D eigenvalue weighted by atomic mass is 10.1. The summed E-state index contributed by atoms with van der Waals surface area (Å²) in [4.78, 5) is 4.72. The Bertz CT molecular complexity index is 665. The molecule has 1 aromatic rings. The second-order valence-electron chi connectivity index (χ2n) is 5.49. The van der Waals surface area contributed by atoms with E-state index in [1.165, 1.54) is 18.9 Å². The van der Waals surface area contributed by atoms with Gasteiger partial charge in [0.05, 0.1) is 11.7 Å². The van der Waals surface area contributed by atoms with Gasteiger partial charge >= 0.3 is 0 Å². The molecule has 21 heavy (non-hydrogen) atoms. The van der Waals surface area contributed by atoms with Crippen molar-refractivity contribution >= 4 is 33.3 Å². The van der Waals surface area contributed by atoms with Crippen LogP contribution in [0.4, 0.5) is 5.69 Å². The van der Waals surface area contributed by atoms with Crippen LogP contribution in [0.15, 0.2) is 28.1 Å². The number of rotatable bonds is 1. The quantitative estimate of drug-likeness (QED) is 0.778. The molecule has 0 aromatic heterocycles. The van der Waals surface area contributed by atoms with Crippen molar-refractivity contribution in [1.82, 2.24) is 4.72 Å². The Morgan fingerprint density at radius 2 is 1.86 bits per heavy atom. The van der Waals surface area contributed by atoms with Gasteiger partial charge in [0.15, 0.2) is 0 Å². The maximum atomic E-state index is 12.3. The molecular formula is C14H18ClN3O2S. The molecule has 2 N–H and O–H groups in total. The number of aliphatic imine (C=N–C) groups is 1. The van der Waals surface area contributed by atoms with E-state index in [1.807, 2.05) is 0 Å². The van der Waals surface area contributed by atoms with Crippen LogP contribution in [0.2, 0.25) is 5.02 Å². The first kappa shape index (κ1) is 14.7. The van der Waals surface area contributed by atoms with Gasteiger partial charge in [-0.1, -0.05) is 37.3 Å². The number of halogens is 1. The number of sulfonamides is 1. The smallest absolute Gasteiger partial charge is 0.266 e. The molecule has 0 saturated heterocycles. The lowest BCUT2D eigenvalue weighted by molar-refractivity contribution is 0.579. The molecule has 1 fully saturated rings. The summed E-state index contributed by atoms with van der Waals surface area (Å²) in [6.07, 6.45) is 6.81. The van der Waals surface area contributed by atoms with Gasteiger partial charge in [-0.15, -0.1) is 0 Å². The number of nitrogens with one attached hydrogen (secondary N) is 2. The summed E-state index contributed by atoms with van der Waals surface area (Å²) < 4.78 is 27.0. The van der Waals surface area contributed by atoms with Gasteiger partial charge < -0.3 is 5.32 Å². The minimum absolute atomic E-state index is 0.162. The maximum Gasteiger partial charge on any atom is 0.266 e. The summed E-state index contributed by atoms with van der Waals surface area (Å²) >= 11 is 5.86. The molecule has 1 aliphatic heterocycles. The summed E-state index contributed by atoms with van der Waals surface area (Å²) in [5, 5.41) is 3.44. The summed E-state index contributed by atoms with van der Waals surface area (Å²) in [7, 11) is -3.60. The van der Waals surface area contributed by atoms with Crippen molar-refractivity contribution < 1.29 is 8.42 Å². The number of fused-ring (bicyclic) bond motifs is 1. The highest BCUT2D eigenvalue weighted by Crippen LogP contribution is 2.28. The van der Waals surface area contributed by atoms with E-state index in [1.54, 1.807) is 12.1 Å². The number of hydrogen-bond donors (Lipinski definition) is 2. The monoisotopic (exact) mass is 327 g/mol. The Balaban J connectivity index is 1.89. The number of benzene rings is 1. The summed E-state index contributed by atoms with van der Waals surface area (Å²) in [5.74, 6) is 0.316. The van der Waals surface area contributed by atoms with Gasteiger partial charge in [-0.2, -0.15) is 0 Å². The molecule has 0 radical (unpaired) electrons. The van der Waals surface area contributed by atoms with Crippen LogP contribution in [0.3, 0.4) is 0 Å². The van der Waals surface area contributed by atoms with Crippen LogP contribution >= 0.6 is 11.6 Å². The van der Waals surface area contributed by atoms with Crippen LogP contribution in [0, 0.1) is 0 Å². The minimum atomic E-state index is -3.60. The Morgan fingerprint density at radius 3 is 2.57 bits per heavy atom. The van der Waals surface area contributed by atoms with E-state index in [2.05, 4.69) is 15.0 Å². The fraction of sp³-hybridized carbons (Fsp3) is 0.500. The van der Waals surface area contributed by atoms with E-state index >= 15 is 0 Å². The Kier molecular flexibility index (Phi) is 4.08. The van der Waals surface area contributed by atoms with E-state index in [9.17, 15) is 8.42 Å². The van der Waals surface area contributed by atoms with Gasteiger partial charge in [0.1, 0.15) is 4.90 Å². The number of anilines is 1. The first-order valence-corrected chi connectivity index (χ1v) is 9.08. The van der Waals surface area contributed by atoms with Crippen molar-refractivity contribution in [3.63, 3.8) is 0 Å². The van der Waals surface area contributed by atoms with Crippen LogP contribution < -0.4 is 10.0 Å². The summed E-state index contributed by atoms with van der Waals surface area (Å²) in [6, 6.07) is 4.96. The highest BCUT2D eigenvalue weighted by molar-refractivity contribution is 7.90. The lowest BCUT2D eigenvalue weighted by Gasteiger charge is -2.23. The minimum Gasteiger partial charge on any atom is -0.324 e. The maximum absolute atomic E-state index is 12.3. The van der Waals surface area contributed by atoms with Crippen molar-refractivity contribution in [3.8, 4) is 0 Å². The number of nitrogens with zero attached hydrogens (tertiary/aromatic N) is 1. The van der Waals surface area contributed by atoms with Crippen LogP contribution in [0.5, 0.6) is 0 Å². The zero-order valence-corrected chi connectivity index (χ0v) is 13.2.